The van der Waals surface area contributed by atoms with Crippen molar-refractivity contribution in [1.82, 2.24) is 9.38 Å². The zero-order valence-corrected chi connectivity index (χ0v) is 12.6. The van der Waals surface area contributed by atoms with E-state index in [4.69, 9.17) is 11.6 Å². The number of aliphatic hydroxyl groups is 1. The van der Waals surface area contributed by atoms with Crippen molar-refractivity contribution >= 4 is 17.1 Å². The first-order valence-corrected chi connectivity index (χ1v) is 7.44. The van der Waals surface area contributed by atoms with Crippen LogP contribution in [-0.4, -0.2) is 14.5 Å². The summed E-state index contributed by atoms with van der Waals surface area (Å²) in [7, 11) is 0. The molecule has 0 aliphatic rings. The van der Waals surface area contributed by atoms with Gasteiger partial charge in [-0.15, -0.1) is 0 Å². The molecule has 110 valence electrons. The fourth-order valence-corrected chi connectivity index (χ4v) is 2.94. The molecule has 5 heteroatoms. The second-order valence-corrected chi connectivity index (χ2v) is 5.57. The molecule has 2 atom stereocenters. The predicted octanol–water partition coefficient (Wildman–Crippen LogP) is 4.38. The van der Waals surface area contributed by atoms with Crippen molar-refractivity contribution in [2.24, 2.45) is 5.92 Å². The Hall–Kier alpha value is -1.13. The topological polar surface area (TPSA) is 37.5 Å². The molecule has 0 fully saturated rings. The second kappa shape index (κ2) is 6.55. The van der Waals surface area contributed by atoms with Crippen LogP contribution in [0, 0.1) is 11.7 Å². The van der Waals surface area contributed by atoms with Crippen LogP contribution in [0.5, 0.6) is 0 Å². The summed E-state index contributed by atoms with van der Waals surface area (Å²) in [5.41, 5.74) is 0.998. The van der Waals surface area contributed by atoms with Gasteiger partial charge in [0.25, 0.3) is 0 Å². The van der Waals surface area contributed by atoms with Crippen LogP contribution >= 0.6 is 11.6 Å². The molecule has 2 rings (SSSR count). The van der Waals surface area contributed by atoms with E-state index in [0.29, 0.717) is 23.5 Å². The third kappa shape index (κ3) is 2.96. The van der Waals surface area contributed by atoms with Gasteiger partial charge in [0, 0.05) is 6.07 Å². The van der Waals surface area contributed by atoms with Crippen molar-refractivity contribution in [3.05, 3.63) is 35.1 Å². The lowest BCUT2D eigenvalue weighted by Crippen LogP contribution is -2.11. The van der Waals surface area contributed by atoms with Crippen LogP contribution in [0.1, 0.15) is 51.3 Å². The summed E-state index contributed by atoms with van der Waals surface area (Å²) in [6.07, 6.45) is 6.02. The van der Waals surface area contributed by atoms with Crippen molar-refractivity contribution < 1.29 is 9.50 Å². The fourth-order valence-electron chi connectivity index (χ4n) is 2.67. The van der Waals surface area contributed by atoms with E-state index in [1.54, 1.807) is 16.9 Å². The molecule has 0 aliphatic carbocycles. The molecule has 0 saturated carbocycles. The normalized spacial score (nSPS) is 14.7. The Labute approximate surface area is 123 Å². The Bertz CT molecular complexity index is 585. The molecule has 0 spiro atoms. The number of fused-ring (bicyclic) bond motifs is 1. The van der Waals surface area contributed by atoms with E-state index in [-0.39, 0.29) is 5.02 Å². The van der Waals surface area contributed by atoms with E-state index in [2.05, 4.69) is 18.8 Å². The average Bonchev–Trinajstić information content (AvgIpc) is 2.86. The molecule has 3 nitrogen and oxygen atoms in total. The molecule has 0 saturated heterocycles. The minimum absolute atomic E-state index is 0.0191. The summed E-state index contributed by atoms with van der Waals surface area (Å²) in [4.78, 5) is 3.99. The lowest BCUT2D eigenvalue weighted by atomic mass is 9.92. The SMILES string of the molecule is CCCC(CC)CC(O)c1c(Cl)c(F)cc2cncn12. The van der Waals surface area contributed by atoms with Gasteiger partial charge in [-0.25, -0.2) is 9.37 Å². The predicted molar refractivity (Wildman–Crippen MR) is 78.4 cm³/mol. The van der Waals surface area contributed by atoms with E-state index < -0.39 is 11.9 Å². The first-order valence-electron chi connectivity index (χ1n) is 7.06. The molecule has 0 aliphatic heterocycles. The number of hydrogen-bond donors (Lipinski definition) is 1. The number of hydrogen-bond acceptors (Lipinski definition) is 2. The zero-order chi connectivity index (χ0) is 14.7. The smallest absolute Gasteiger partial charge is 0.145 e. The van der Waals surface area contributed by atoms with Crippen molar-refractivity contribution in [3.8, 4) is 0 Å². The van der Waals surface area contributed by atoms with Gasteiger partial charge in [0.15, 0.2) is 0 Å². The number of pyridine rings is 1. The Morgan fingerprint density at radius 1 is 1.45 bits per heavy atom. The van der Waals surface area contributed by atoms with Gasteiger partial charge in [0.05, 0.1) is 34.9 Å². The molecule has 2 aromatic rings. The van der Waals surface area contributed by atoms with Crippen molar-refractivity contribution in [2.45, 2.75) is 45.6 Å². The highest BCUT2D eigenvalue weighted by molar-refractivity contribution is 6.31. The first kappa shape index (κ1) is 15.3. The van der Waals surface area contributed by atoms with Gasteiger partial charge in [-0.3, -0.25) is 4.40 Å². The maximum atomic E-state index is 13.8. The summed E-state index contributed by atoms with van der Waals surface area (Å²) in [5, 5.41) is 10.5. The highest BCUT2D eigenvalue weighted by atomic mass is 35.5. The van der Waals surface area contributed by atoms with Crippen LogP contribution in [0.15, 0.2) is 18.6 Å². The Morgan fingerprint density at radius 3 is 2.85 bits per heavy atom. The largest absolute Gasteiger partial charge is 0.387 e. The molecule has 20 heavy (non-hydrogen) atoms. The van der Waals surface area contributed by atoms with E-state index >= 15 is 0 Å². The molecule has 1 N–H and O–H groups in total. The van der Waals surface area contributed by atoms with E-state index in [1.807, 2.05) is 0 Å². The molecule has 0 aromatic carbocycles. The third-order valence-corrected chi connectivity index (χ3v) is 4.16. The van der Waals surface area contributed by atoms with Crippen LogP contribution in [0.4, 0.5) is 4.39 Å². The molecular weight excluding hydrogens is 279 g/mol. The molecular formula is C15H20ClFN2O. The number of aromatic nitrogens is 2. The van der Waals surface area contributed by atoms with Crippen LogP contribution < -0.4 is 0 Å². The molecule has 2 aromatic heterocycles. The Balaban J connectivity index is 2.35. The van der Waals surface area contributed by atoms with Crippen LogP contribution in [0.2, 0.25) is 5.02 Å². The maximum Gasteiger partial charge on any atom is 0.145 e. The highest BCUT2D eigenvalue weighted by Crippen LogP contribution is 2.32. The van der Waals surface area contributed by atoms with Gasteiger partial charge in [0.1, 0.15) is 5.82 Å². The van der Waals surface area contributed by atoms with Crippen LogP contribution in [-0.2, 0) is 0 Å². The average molecular weight is 299 g/mol. The van der Waals surface area contributed by atoms with E-state index in [0.717, 1.165) is 19.3 Å². The number of aliphatic hydroxyl groups excluding tert-OH is 1. The lowest BCUT2D eigenvalue weighted by Gasteiger charge is -2.20. The summed E-state index contributed by atoms with van der Waals surface area (Å²) in [5.74, 6) is -0.106. The van der Waals surface area contributed by atoms with Crippen LogP contribution in [0.25, 0.3) is 5.52 Å². The minimum Gasteiger partial charge on any atom is -0.387 e. The van der Waals surface area contributed by atoms with Crippen LogP contribution in [0.3, 0.4) is 0 Å². The molecule has 0 bridgehead atoms. The second-order valence-electron chi connectivity index (χ2n) is 5.19. The van der Waals surface area contributed by atoms with E-state index in [9.17, 15) is 9.50 Å². The summed E-state index contributed by atoms with van der Waals surface area (Å²) in [6.45, 7) is 4.23. The minimum atomic E-state index is -0.786. The summed E-state index contributed by atoms with van der Waals surface area (Å²) >= 11 is 6.04. The van der Waals surface area contributed by atoms with Crippen molar-refractivity contribution in [2.75, 3.05) is 0 Å². The van der Waals surface area contributed by atoms with Gasteiger partial charge < -0.3 is 5.11 Å². The summed E-state index contributed by atoms with van der Waals surface area (Å²) < 4.78 is 15.5. The highest BCUT2D eigenvalue weighted by Gasteiger charge is 2.22. The number of nitrogens with zero attached hydrogens (tertiary/aromatic N) is 2. The van der Waals surface area contributed by atoms with Gasteiger partial charge in [-0.1, -0.05) is 44.7 Å². The van der Waals surface area contributed by atoms with Crippen molar-refractivity contribution in [1.29, 1.82) is 0 Å². The standard InChI is InChI=1S/C15H20ClFN2O/c1-3-5-10(4-2)6-13(20)15-14(16)12(17)7-11-8-18-9-19(11)15/h7-10,13,20H,3-6H2,1-2H3. The monoisotopic (exact) mass is 298 g/mol. The lowest BCUT2D eigenvalue weighted by molar-refractivity contribution is 0.134. The van der Waals surface area contributed by atoms with Gasteiger partial charge >= 0.3 is 0 Å². The molecule has 2 heterocycles. The Morgan fingerprint density at radius 2 is 2.20 bits per heavy atom. The summed E-state index contributed by atoms with van der Waals surface area (Å²) in [6, 6.07) is 1.33. The van der Waals surface area contributed by atoms with E-state index in [1.165, 1.54) is 6.07 Å². The maximum absolute atomic E-state index is 13.8. The molecule has 0 amide bonds. The quantitative estimate of drug-likeness (QED) is 0.859. The van der Waals surface area contributed by atoms with Gasteiger partial charge in [0.2, 0.25) is 0 Å². The third-order valence-electron chi connectivity index (χ3n) is 3.78. The van der Waals surface area contributed by atoms with Gasteiger partial charge in [-0.2, -0.15) is 0 Å². The zero-order valence-electron chi connectivity index (χ0n) is 11.8. The Kier molecular flexibility index (Phi) is 5.00. The fraction of sp³-hybridized carbons (Fsp3) is 0.533. The molecule has 0 radical (unpaired) electrons. The number of rotatable bonds is 6. The molecule has 2 unspecified atom stereocenters. The first-order chi connectivity index (χ1) is 9.58. The number of halogens is 2. The van der Waals surface area contributed by atoms with Crippen molar-refractivity contribution in [3.63, 3.8) is 0 Å². The van der Waals surface area contributed by atoms with Gasteiger partial charge in [-0.05, 0) is 12.3 Å². The number of imidazole rings is 1.